The van der Waals surface area contributed by atoms with Crippen molar-refractivity contribution >= 4 is 34.2 Å². The average molecular weight is 273 g/mol. The number of aromatic amines is 1. The van der Waals surface area contributed by atoms with Gasteiger partial charge >= 0.3 is 0 Å². The van der Waals surface area contributed by atoms with Gasteiger partial charge in [0.25, 0.3) is 5.91 Å². The summed E-state index contributed by atoms with van der Waals surface area (Å²) in [7, 11) is 0. The summed E-state index contributed by atoms with van der Waals surface area (Å²) in [6.45, 7) is 0. The van der Waals surface area contributed by atoms with Gasteiger partial charge in [-0.15, -0.1) is 0 Å². The first-order chi connectivity index (χ1) is 9.24. The van der Waals surface area contributed by atoms with E-state index in [-0.39, 0.29) is 11.1 Å². The van der Waals surface area contributed by atoms with Crippen molar-refractivity contribution in [3.05, 3.63) is 53.6 Å². The van der Waals surface area contributed by atoms with Gasteiger partial charge in [-0.2, -0.15) is 0 Å². The molecule has 2 aromatic heterocycles. The number of halogens is 1. The van der Waals surface area contributed by atoms with E-state index in [0.717, 1.165) is 10.9 Å². The highest BCUT2D eigenvalue weighted by molar-refractivity contribution is 6.29. The van der Waals surface area contributed by atoms with E-state index in [0.29, 0.717) is 11.4 Å². The molecule has 94 valence electrons. The lowest BCUT2D eigenvalue weighted by atomic mass is 10.1. The van der Waals surface area contributed by atoms with Crippen LogP contribution in [0.3, 0.4) is 0 Å². The number of H-pyrrole nitrogens is 1. The molecule has 3 aromatic rings. The molecular weight excluding hydrogens is 264 g/mol. The molecule has 0 spiro atoms. The van der Waals surface area contributed by atoms with Gasteiger partial charge in [0.2, 0.25) is 0 Å². The van der Waals surface area contributed by atoms with Crippen molar-refractivity contribution in [2.24, 2.45) is 0 Å². The summed E-state index contributed by atoms with van der Waals surface area (Å²) in [6.07, 6.45) is 3.10. The number of hydrogen-bond donors (Lipinski definition) is 2. The van der Waals surface area contributed by atoms with E-state index in [2.05, 4.69) is 20.3 Å². The Morgan fingerprint density at radius 2 is 2.16 bits per heavy atom. The molecule has 0 aliphatic rings. The lowest BCUT2D eigenvalue weighted by Gasteiger charge is -2.05. The lowest BCUT2D eigenvalue weighted by molar-refractivity contribution is 0.102. The van der Waals surface area contributed by atoms with E-state index in [1.54, 1.807) is 12.3 Å². The summed E-state index contributed by atoms with van der Waals surface area (Å²) >= 11 is 5.74. The van der Waals surface area contributed by atoms with Gasteiger partial charge in [0.15, 0.2) is 0 Å². The molecule has 2 N–H and O–H groups in total. The number of nitrogens with one attached hydrogen (secondary N) is 2. The van der Waals surface area contributed by atoms with Gasteiger partial charge in [0.1, 0.15) is 17.3 Å². The number of nitrogens with zero attached hydrogens (tertiary/aromatic N) is 2. The molecule has 1 amide bonds. The van der Waals surface area contributed by atoms with E-state index in [9.17, 15) is 4.79 Å². The second kappa shape index (κ2) is 4.70. The normalized spacial score (nSPS) is 10.6. The largest absolute Gasteiger partial charge is 0.361 e. The number of fused-ring (bicyclic) bond motifs is 1. The number of rotatable bonds is 2. The van der Waals surface area contributed by atoms with Crippen LogP contribution in [-0.4, -0.2) is 20.9 Å². The predicted octanol–water partition coefficient (Wildman–Crippen LogP) is 2.86. The van der Waals surface area contributed by atoms with Crippen molar-refractivity contribution in [2.75, 3.05) is 5.32 Å². The second-order valence-corrected chi connectivity index (χ2v) is 4.31. The molecule has 0 saturated heterocycles. The quantitative estimate of drug-likeness (QED) is 0.705. The maximum absolute atomic E-state index is 12.2. The van der Waals surface area contributed by atoms with Gasteiger partial charge in [-0.1, -0.05) is 17.7 Å². The first kappa shape index (κ1) is 11.7. The Labute approximate surface area is 113 Å². The zero-order valence-electron chi connectivity index (χ0n) is 9.72. The molecule has 0 radical (unpaired) electrons. The predicted molar refractivity (Wildman–Crippen MR) is 73.3 cm³/mol. The molecule has 0 fully saturated rings. The van der Waals surface area contributed by atoms with Crippen LogP contribution in [0.2, 0.25) is 5.15 Å². The first-order valence-electron chi connectivity index (χ1n) is 5.59. The second-order valence-electron chi connectivity index (χ2n) is 3.92. The van der Waals surface area contributed by atoms with Crippen molar-refractivity contribution in [3.63, 3.8) is 0 Å². The maximum atomic E-state index is 12.2. The number of aromatic nitrogens is 3. The molecule has 19 heavy (non-hydrogen) atoms. The fourth-order valence-electron chi connectivity index (χ4n) is 1.87. The van der Waals surface area contributed by atoms with Gasteiger partial charge in [0, 0.05) is 28.7 Å². The Morgan fingerprint density at radius 1 is 1.26 bits per heavy atom. The van der Waals surface area contributed by atoms with Gasteiger partial charge in [0.05, 0.1) is 0 Å². The van der Waals surface area contributed by atoms with Crippen LogP contribution in [0.25, 0.3) is 10.9 Å². The smallest absolute Gasteiger partial charge is 0.257 e. The molecule has 0 bridgehead atoms. The molecule has 5 nitrogen and oxygen atoms in total. The molecule has 3 rings (SSSR count). The van der Waals surface area contributed by atoms with Crippen LogP contribution in [0, 0.1) is 0 Å². The van der Waals surface area contributed by atoms with Crippen LogP contribution in [0.1, 0.15) is 10.4 Å². The topological polar surface area (TPSA) is 70.7 Å². The minimum atomic E-state index is -0.236. The zero-order valence-corrected chi connectivity index (χ0v) is 10.5. The monoisotopic (exact) mass is 272 g/mol. The van der Waals surface area contributed by atoms with Crippen molar-refractivity contribution in [1.82, 2.24) is 15.0 Å². The molecule has 0 aliphatic carbocycles. The van der Waals surface area contributed by atoms with Crippen LogP contribution >= 0.6 is 11.6 Å². The summed E-state index contributed by atoms with van der Waals surface area (Å²) in [5.74, 6) is 0.137. The minimum Gasteiger partial charge on any atom is -0.361 e. The Bertz CT molecular complexity index is 753. The van der Waals surface area contributed by atoms with Gasteiger partial charge in [-0.25, -0.2) is 9.97 Å². The molecule has 0 aliphatic heterocycles. The highest BCUT2D eigenvalue weighted by Gasteiger charge is 2.11. The standard InChI is InChI=1S/C13H9ClN4O/c14-11-6-12(17-7-16-11)18-13(19)9-2-1-3-10-8(9)4-5-15-10/h1-7,15H,(H,16,17,18,19). The number of anilines is 1. The fraction of sp³-hybridized carbons (Fsp3) is 0. The maximum Gasteiger partial charge on any atom is 0.257 e. The van der Waals surface area contributed by atoms with Crippen LogP contribution in [0.5, 0.6) is 0 Å². The number of carbonyl (C=O) groups is 1. The molecule has 0 atom stereocenters. The van der Waals surface area contributed by atoms with Crippen molar-refractivity contribution < 1.29 is 4.79 Å². The zero-order chi connectivity index (χ0) is 13.2. The number of benzene rings is 1. The number of amides is 1. The van der Waals surface area contributed by atoms with E-state index < -0.39 is 0 Å². The van der Waals surface area contributed by atoms with Crippen molar-refractivity contribution in [3.8, 4) is 0 Å². The third-order valence-electron chi connectivity index (χ3n) is 2.71. The van der Waals surface area contributed by atoms with Gasteiger partial charge < -0.3 is 10.3 Å². The van der Waals surface area contributed by atoms with Gasteiger partial charge in [-0.05, 0) is 18.2 Å². The Balaban J connectivity index is 1.94. The highest BCUT2D eigenvalue weighted by Crippen LogP contribution is 2.18. The Kier molecular flexibility index (Phi) is 2.89. The van der Waals surface area contributed by atoms with Crippen LogP contribution in [0.4, 0.5) is 5.82 Å². The summed E-state index contributed by atoms with van der Waals surface area (Å²) < 4.78 is 0. The fourth-order valence-corrected chi connectivity index (χ4v) is 2.02. The Morgan fingerprint density at radius 3 is 3.00 bits per heavy atom. The van der Waals surface area contributed by atoms with E-state index in [4.69, 9.17) is 11.6 Å². The lowest BCUT2D eigenvalue weighted by Crippen LogP contribution is -2.13. The van der Waals surface area contributed by atoms with Crippen LogP contribution < -0.4 is 5.32 Å². The summed E-state index contributed by atoms with van der Waals surface area (Å²) in [6, 6.07) is 8.84. The van der Waals surface area contributed by atoms with Gasteiger partial charge in [-0.3, -0.25) is 4.79 Å². The summed E-state index contributed by atoms with van der Waals surface area (Å²) in [5, 5.41) is 3.84. The van der Waals surface area contributed by atoms with Crippen LogP contribution in [0.15, 0.2) is 42.9 Å². The number of hydrogen-bond acceptors (Lipinski definition) is 3. The molecule has 0 unspecified atom stereocenters. The summed E-state index contributed by atoms with van der Waals surface area (Å²) in [5.41, 5.74) is 1.49. The first-order valence-corrected chi connectivity index (χ1v) is 5.97. The molecular formula is C13H9ClN4O. The average Bonchev–Trinajstić information content (AvgIpc) is 2.86. The van der Waals surface area contributed by atoms with E-state index >= 15 is 0 Å². The molecule has 6 heteroatoms. The van der Waals surface area contributed by atoms with E-state index in [1.807, 2.05) is 18.2 Å². The molecule has 1 aromatic carbocycles. The van der Waals surface area contributed by atoms with Crippen molar-refractivity contribution in [1.29, 1.82) is 0 Å². The van der Waals surface area contributed by atoms with Crippen LogP contribution in [-0.2, 0) is 0 Å². The van der Waals surface area contributed by atoms with Crippen molar-refractivity contribution in [2.45, 2.75) is 0 Å². The highest BCUT2D eigenvalue weighted by atomic mass is 35.5. The SMILES string of the molecule is O=C(Nc1cc(Cl)ncn1)c1cccc2[nH]ccc12. The van der Waals surface area contributed by atoms with E-state index in [1.165, 1.54) is 12.4 Å². The minimum absolute atomic E-state index is 0.236. The molecule has 0 saturated carbocycles. The third-order valence-corrected chi connectivity index (χ3v) is 2.92. The molecule has 2 heterocycles. The number of carbonyl (C=O) groups excluding carboxylic acids is 1. The Hall–Kier alpha value is -2.40. The summed E-state index contributed by atoms with van der Waals surface area (Å²) in [4.78, 5) is 23.0. The third kappa shape index (κ3) is 2.28.